The van der Waals surface area contributed by atoms with Crippen LogP contribution in [0.1, 0.15) is 46.4 Å². The van der Waals surface area contributed by atoms with E-state index in [2.05, 4.69) is 19.2 Å². The molecule has 3 aromatic rings. The lowest BCUT2D eigenvalue weighted by Crippen LogP contribution is -2.42. The van der Waals surface area contributed by atoms with Gasteiger partial charge in [-0.1, -0.05) is 50.2 Å². The van der Waals surface area contributed by atoms with E-state index in [0.29, 0.717) is 49.0 Å². The van der Waals surface area contributed by atoms with Gasteiger partial charge < -0.3 is 15.0 Å². The van der Waals surface area contributed by atoms with Gasteiger partial charge in [-0.05, 0) is 30.2 Å². The van der Waals surface area contributed by atoms with Gasteiger partial charge in [0.2, 0.25) is 0 Å². The molecule has 1 aliphatic heterocycles. The topological polar surface area (TPSA) is 71.5 Å². The fourth-order valence-electron chi connectivity index (χ4n) is 3.72. The van der Waals surface area contributed by atoms with Gasteiger partial charge in [-0.2, -0.15) is 0 Å². The van der Waals surface area contributed by atoms with Crippen molar-refractivity contribution in [1.29, 1.82) is 0 Å². The number of aromatic nitrogens is 1. The number of carbonyl (C=O) groups is 2. The number of pyridine rings is 1. The Kier molecular flexibility index (Phi) is 6.28. The van der Waals surface area contributed by atoms with Crippen molar-refractivity contribution in [3.8, 4) is 0 Å². The molecule has 1 atom stereocenters. The highest BCUT2D eigenvalue weighted by Gasteiger charge is 2.28. The van der Waals surface area contributed by atoms with Crippen LogP contribution in [0.5, 0.6) is 0 Å². The lowest BCUT2D eigenvalue weighted by Gasteiger charge is -2.33. The predicted molar refractivity (Wildman–Crippen MR) is 120 cm³/mol. The largest absolute Gasteiger partial charge is 0.368 e. The second-order valence-electron chi connectivity index (χ2n) is 8.19. The predicted octanol–water partition coefficient (Wildman–Crippen LogP) is 3.83. The summed E-state index contributed by atoms with van der Waals surface area (Å²) < 4.78 is 5.97. The van der Waals surface area contributed by atoms with Gasteiger partial charge >= 0.3 is 0 Å². The van der Waals surface area contributed by atoms with Crippen LogP contribution < -0.4 is 5.32 Å². The standard InChI is InChI=1S/C25H27N3O3/c1-17(2)15-26-24(29)20-14-22(27-21-11-7-6-10-19(20)21)23-16-28(12-13-31-23)25(30)18-8-4-3-5-9-18/h3-11,14,17,23H,12-13,15-16H2,1-2H3,(H,26,29). The number of morpholine rings is 1. The molecule has 0 radical (unpaired) electrons. The van der Waals surface area contributed by atoms with Gasteiger partial charge in [0.05, 0.1) is 29.9 Å². The van der Waals surface area contributed by atoms with Gasteiger partial charge in [0.25, 0.3) is 11.8 Å². The monoisotopic (exact) mass is 417 g/mol. The van der Waals surface area contributed by atoms with Crippen molar-refractivity contribution < 1.29 is 14.3 Å². The lowest BCUT2D eigenvalue weighted by atomic mass is 10.0. The molecule has 1 aliphatic rings. The van der Waals surface area contributed by atoms with Crippen LogP contribution in [-0.2, 0) is 4.74 Å². The Morgan fingerprint density at radius 2 is 1.87 bits per heavy atom. The first-order valence-corrected chi connectivity index (χ1v) is 10.7. The van der Waals surface area contributed by atoms with Crippen LogP contribution in [0.25, 0.3) is 10.9 Å². The number of benzene rings is 2. The number of hydrogen-bond donors (Lipinski definition) is 1. The summed E-state index contributed by atoms with van der Waals surface area (Å²) in [7, 11) is 0. The van der Waals surface area contributed by atoms with Gasteiger partial charge in [0.1, 0.15) is 6.10 Å². The maximum absolute atomic E-state index is 12.9. The molecule has 0 saturated carbocycles. The SMILES string of the molecule is CC(C)CNC(=O)c1cc(C2CN(C(=O)c3ccccc3)CCO2)nc2ccccc12. The molecule has 2 amide bonds. The van der Waals surface area contributed by atoms with Crippen molar-refractivity contribution in [1.82, 2.24) is 15.2 Å². The zero-order valence-corrected chi connectivity index (χ0v) is 17.9. The molecule has 0 spiro atoms. The van der Waals surface area contributed by atoms with Gasteiger partial charge in [-0.15, -0.1) is 0 Å². The molecule has 6 heteroatoms. The Morgan fingerprint density at radius 1 is 1.13 bits per heavy atom. The molecule has 1 fully saturated rings. The van der Waals surface area contributed by atoms with Crippen LogP contribution in [0.4, 0.5) is 0 Å². The summed E-state index contributed by atoms with van der Waals surface area (Å²) in [5.74, 6) is 0.210. The third-order valence-corrected chi connectivity index (χ3v) is 5.36. The Morgan fingerprint density at radius 3 is 2.65 bits per heavy atom. The Balaban J connectivity index is 1.62. The number of carbonyl (C=O) groups excluding carboxylic acids is 2. The molecule has 4 rings (SSSR count). The minimum atomic E-state index is -0.386. The molecule has 0 bridgehead atoms. The van der Waals surface area contributed by atoms with E-state index in [1.165, 1.54) is 0 Å². The van der Waals surface area contributed by atoms with E-state index in [-0.39, 0.29) is 17.9 Å². The van der Waals surface area contributed by atoms with Crippen molar-refractivity contribution in [2.45, 2.75) is 20.0 Å². The maximum atomic E-state index is 12.9. The van der Waals surface area contributed by atoms with E-state index in [9.17, 15) is 9.59 Å². The van der Waals surface area contributed by atoms with E-state index in [0.717, 1.165) is 10.9 Å². The molecule has 160 valence electrons. The van der Waals surface area contributed by atoms with E-state index < -0.39 is 0 Å². The average Bonchev–Trinajstić information content (AvgIpc) is 2.82. The summed E-state index contributed by atoms with van der Waals surface area (Å²) in [4.78, 5) is 32.4. The first-order valence-electron chi connectivity index (χ1n) is 10.7. The number of fused-ring (bicyclic) bond motifs is 1. The first kappa shape index (κ1) is 21.0. The Labute approximate surface area is 182 Å². The highest BCUT2D eigenvalue weighted by Crippen LogP contribution is 2.27. The van der Waals surface area contributed by atoms with E-state index in [1.807, 2.05) is 54.6 Å². The summed E-state index contributed by atoms with van der Waals surface area (Å²) in [5, 5.41) is 3.80. The number of ether oxygens (including phenoxy) is 1. The van der Waals surface area contributed by atoms with E-state index in [4.69, 9.17) is 9.72 Å². The van der Waals surface area contributed by atoms with Crippen molar-refractivity contribution in [2.75, 3.05) is 26.2 Å². The quantitative estimate of drug-likeness (QED) is 0.685. The van der Waals surface area contributed by atoms with Gasteiger partial charge in [-0.25, -0.2) is 4.98 Å². The molecule has 1 unspecified atom stereocenters. The van der Waals surface area contributed by atoms with Crippen molar-refractivity contribution in [3.05, 3.63) is 77.5 Å². The van der Waals surface area contributed by atoms with Crippen molar-refractivity contribution in [3.63, 3.8) is 0 Å². The van der Waals surface area contributed by atoms with Crippen LogP contribution in [-0.4, -0.2) is 47.9 Å². The number of para-hydroxylation sites is 1. The van der Waals surface area contributed by atoms with E-state index in [1.54, 1.807) is 11.0 Å². The normalized spacial score (nSPS) is 16.5. The average molecular weight is 418 g/mol. The smallest absolute Gasteiger partial charge is 0.254 e. The Hall–Kier alpha value is -3.25. The number of amides is 2. The number of hydrogen-bond acceptors (Lipinski definition) is 4. The zero-order valence-electron chi connectivity index (χ0n) is 17.9. The molecule has 2 aromatic carbocycles. The van der Waals surface area contributed by atoms with Gasteiger partial charge in [0, 0.05) is 24.0 Å². The molecule has 31 heavy (non-hydrogen) atoms. The highest BCUT2D eigenvalue weighted by molar-refractivity contribution is 6.06. The van der Waals surface area contributed by atoms with Crippen molar-refractivity contribution >= 4 is 22.7 Å². The molecule has 1 aromatic heterocycles. The second-order valence-corrected chi connectivity index (χ2v) is 8.19. The minimum Gasteiger partial charge on any atom is -0.368 e. The molecule has 1 N–H and O–H groups in total. The summed E-state index contributed by atoms with van der Waals surface area (Å²) in [5.41, 5.74) is 2.64. The van der Waals surface area contributed by atoms with Crippen LogP contribution in [0.2, 0.25) is 0 Å². The Bertz CT molecular complexity index is 1080. The number of nitrogens with zero attached hydrogens (tertiary/aromatic N) is 2. The molecular formula is C25H27N3O3. The van der Waals surface area contributed by atoms with Gasteiger partial charge in [-0.3, -0.25) is 9.59 Å². The molecule has 6 nitrogen and oxygen atoms in total. The molecule has 2 heterocycles. The summed E-state index contributed by atoms with van der Waals surface area (Å²) in [6, 6.07) is 18.7. The fraction of sp³-hybridized carbons (Fsp3) is 0.320. The van der Waals surface area contributed by atoms with E-state index >= 15 is 0 Å². The van der Waals surface area contributed by atoms with Crippen LogP contribution in [0.3, 0.4) is 0 Å². The zero-order chi connectivity index (χ0) is 21.8. The second kappa shape index (κ2) is 9.27. The lowest BCUT2D eigenvalue weighted by molar-refractivity contribution is -0.0246. The summed E-state index contributed by atoms with van der Waals surface area (Å²) >= 11 is 0. The van der Waals surface area contributed by atoms with Crippen LogP contribution >= 0.6 is 0 Å². The summed E-state index contributed by atoms with van der Waals surface area (Å²) in [6.07, 6.45) is -0.386. The summed E-state index contributed by atoms with van der Waals surface area (Å²) in [6.45, 7) is 6.07. The first-order chi connectivity index (χ1) is 15.0. The highest BCUT2D eigenvalue weighted by atomic mass is 16.5. The van der Waals surface area contributed by atoms with Crippen LogP contribution in [0.15, 0.2) is 60.7 Å². The molecule has 0 aliphatic carbocycles. The van der Waals surface area contributed by atoms with Crippen molar-refractivity contribution in [2.24, 2.45) is 5.92 Å². The molecular weight excluding hydrogens is 390 g/mol. The van der Waals surface area contributed by atoms with Gasteiger partial charge in [0.15, 0.2) is 0 Å². The van der Waals surface area contributed by atoms with Crippen LogP contribution in [0, 0.1) is 5.92 Å². The third-order valence-electron chi connectivity index (χ3n) is 5.36. The fourth-order valence-corrected chi connectivity index (χ4v) is 3.72. The maximum Gasteiger partial charge on any atom is 0.254 e. The third kappa shape index (κ3) is 4.75. The number of rotatable bonds is 5. The number of nitrogens with one attached hydrogen (secondary N) is 1. The molecule has 1 saturated heterocycles. The minimum absolute atomic E-state index is 0.0235.